The number of fused-ring (bicyclic) bond motifs is 1. The quantitative estimate of drug-likeness (QED) is 0.334. The first kappa shape index (κ1) is 24.1. The van der Waals surface area contributed by atoms with Gasteiger partial charge in [-0.1, -0.05) is 24.3 Å². The third kappa shape index (κ3) is 5.93. The van der Waals surface area contributed by atoms with Crippen molar-refractivity contribution < 1.29 is 14.2 Å². The molecule has 0 aromatic heterocycles. The van der Waals surface area contributed by atoms with Gasteiger partial charge in [0.15, 0.2) is 17.5 Å². The van der Waals surface area contributed by atoms with Crippen LogP contribution < -0.4 is 24.8 Å². The molecule has 0 spiro atoms. The lowest BCUT2D eigenvalue weighted by atomic mass is 9.90. The van der Waals surface area contributed by atoms with Gasteiger partial charge in [-0.3, -0.25) is 4.99 Å². The fourth-order valence-electron chi connectivity index (χ4n) is 3.65. The SMILES string of the molecule is CN=C(NCCc1ccc(OC)c(OC)c1)NC1CC(C)(C)Oc2ccccc21.I. The Hall–Kier alpha value is -2.16. The minimum absolute atomic E-state index is 0. The third-order valence-electron chi connectivity index (χ3n) is 5.07. The van der Waals surface area contributed by atoms with E-state index in [1.807, 2.05) is 30.3 Å². The van der Waals surface area contributed by atoms with Crippen molar-refractivity contribution in [3.05, 3.63) is 53.6 Å². The van der Waals surface area contributed by atoms with Gasteiger partial charge >= 0.3 is 0 Å². The van der Waals surface area contributed by atoms with E-state index in [1.54, 1.807) is 21.3 Å². The number of methoxy groups -OCH3 is 2. The molecule has 1 aliphatic heterocycles. The fourth-order valence-corrected chi connectivity index (χ4v) is 3.65. The Morgan fingerprint density at radius 2 is 1.87 bits per heavy atom. The Labute approximate surface area is 196 Å². The van der Waals surface area contributed by atoms with Gasteiger partial charge in [-0.05, 0) is 44.0 Å². The Bertz CT molecular complexity index is 871. The molecule has 0 aliphatic carbocycles. The molecule has 1 atom stereocenters. The normalized spacial score (nSPS) is 17.1. The summed E-state index contributed by atoms with van der Waals surface area (Å²) in [7, 11) is 5.09. The van der Waals surface area contributed by atoms with Crippen molar-refractivity contribution in [3.8, 4) is 17.2 Å². The lowest BCUT2D eigenvalue weighted by Crippen LogP contribution is -2.45. The smallest absolute Gasteiger partial charge is 0.191 e. The van der Waals surface area contributed by atoms with Crippen LogP contribution in [0, 0.1) is 0 Å². The van der Waals surface area contributed by atoms with E-state index in [0.29, 0.717) is 0 Å². The van der Waals surface area contributed by atoms with Crippen molar-refractivity contribution in [1.29, 1.82) is 0 Å². The zero-order valence-electron chi connectivity index (χ0n) is 18.3. The highest BCUT2D eigenvalue weighted by atomic mass is 127. The lowest BCUT2D eigenvalue weighted by molar-refractivity contribution is 0.0694. The van der Waals surface area contributed by atoms with Gasteiger partial charge < -0.3 is 24.8 Å². The van der Waals surface area contributed by atoms with Crippen molar-refractivity contribution in [1.82, 2.24) is 10.6 Å². The van der Waals surface area contributed by atoms with E-state index in [2.05, 4.69) is 41.6 Å². The molecule has 0 amide bonds. The number of ether oxygens (including phenoxy) is 3. The van der Waals surface area contributed by atoms with E-state index in [0.717, 1.165) is 48.2 Å². The van der Waals surface area contributed by atoms with Crippen LogP contribution in [0.15, 0.2) is 47.5 Å². The summed E-state index contributed by atoms with van der Waals surface area (Å²) in [4.78, 5) is 4.40. The topological polar surface area (TPSA) is 64.1 Å². The monoisotopic (exact) mass is 525 g/mol. The van der Waals surface area contributed by atoms with E-state index >= 15 is 0 Å². The summed E-state index contributed by atoms with van der Waals surface area (Å²) in [6.07, 6.45) is 1.71. The first-order valence-corrected chi connectivity index (χ1v) is 9.92. The number of hydrogen-bond donors (Lipinski definition) is 2. The van der Waals surface area contributed by atoms with Gasteiger partial charge in [0.1, 0.15) is 11.4 Å². The van der Waals surface area contributed by atoms with E-state index in [-0.39, 0.29) is 35.6 Å². The van der Waals surface area contributed by atoms with Crippen molar-refractivity contribution in [3.63, 3.8) is 0 Å². The number of aliphatic imine (C=N–C) groups is 1. The lowest BCUT2D eigenvalue weighted by Gasteiger charge is -2.38. The molecule has 0 saturated heterocycles. The highest BCUT2D eigenvalue weighted by Crippen LogP contribution is 2.39. The number of nitrogens with zero attached hydrogens (tertiary/aromatic N) is 1. The van der Waals surface area contributed by atoms with Crippen LogP contribution in [0.3, 0.4) is 0 Å². The summed E-state index contributed by atoms with van der Waals surface area (Å²) in [6, 6.07) is 14.3. The maximum atomic E-state index is 6.12. The van der Waals surface area contributed by atoms with E-state index in [1.165, 1.54) is 5.56 Å². The van der Waals surface area contributed by atoms with E-state index in [9.17, 15) is 0 Å². The fraction of sp³-hybridized carbons (Fsp3) is 0.435. The van der Waals surface area contributed by atoms with Crippen LogP contribution in [0.4, 0.5) is 0 Å². The molecular weight excluding hydrogens is 493 g/mol. The summed E-state index contributed by atoms with van der Waals surface area (Å²) < 4.78 is 16.8. The van der Waals surface area contributed by atoms with Crippen molar-refractivity contribution in [2.75, 3.05) is 27.8 Å². The summed E-state index contributed by atoms with van der Waals surface area (Å²) in [5.74, 6) is 3.20. The zero-order valence-corrected chi connectivity index (χ0v) is 20.7. The second-order valence-electron chi connectivity index (χ2n) is 7.74. The second kappa shape index (κ2) is 10.7. The average molecular weight is 525 g/mol. The minimum atomic E-state index is -0.232. The molecule has 0 saturated carbocycles. The summed E-state index contributed by atoms with van der Waals surface area (Å²) >= 11 is 0. The molecule has 0 fully saturated rings. The van der Waals surface area contributed by atoms with Crippen LogP contribution in [-0.4, -0.2) is 39.4 Å². The molecule has 0 bridgehead atoms. The zero-order chi connectivity index (χ0) is 20.9. The Kier molecular flexibility index (Phi) is 8.64. The van der Waals surface area contributed by atoms with Crippen LogP contribution >= 0.6 is 24.0 Å². The average Bonchev–Trinajstić information content (AvgIpc) is 2.71. The van der Waals surface area contributed by atoms with Crippen molar-refractivity contribution >= 4 is 29.9 Å². The number of guanidine groups is 1. The van der Waals surface area contributed by atoms with Crippen LogP contribution in [0.2, 0.25) is 0 Å². The Balaban J connectivity index is 0.00000320. The highest BCUT2D eigenvalue weighted by Gasteiger charge is 2.33. The Morgan fingerprint density at radius 1 is 1.13 bits per heavy atom. The first-order chi connectivity index (χ1) is 14.0. The van der Waals surface area contributed by atoms with Crippen molar-refractivity contribution in [2.45, 2.75) is 38.3 Å². The molecular formula is C23H32IN3O3. The number of benzene rings is 2. The van der Waals surface area contributed by atoms with Crippen molar-refractivity contribution in [2.24, 2.45) is 4.99 Å². The molecule has 7 heteroatoms. The molecule has 2 aromatic rings. The predicted molar refractivity (Wildman–Crippen MR) is 132 cm³/mol. The molecule has 2 N–H and O–H groups in total. The number of nitrogens with one attached hydrogen (secondary N) is 2. The summed E-state index contributed by atoms with van der Waals surface area (Å²) in [6.45, 7) is 4.99. The molecule has 0 radical (unpaired) electrons. The molecule has 30 heavy (non-hydrogen) atoms. The summed E-state index contributed by atoms with van der Waals surface area (Å²) in [5.41, 5.74) is 2.10. The number of para-hydroxylation sites is 1. The maximum Gasteiger partial charge on any atom is 0.191 e. The van der Waals surface area contributed by atoms with Crippen LogP contribution in [0.1, 0.15) is 37.4 Å². The molecule has 164 valence electrons. The third-order valence-corrected chi connectivity index (χ3v) is 5.07. The molecule has 3 rings (SSSR count). The molecule has 1 unspecified atom stereocenters. The summed E-state index contributed by atoms with van der Waals surface area (Å²) in [5, 5.41) is 6.97. The number of rotatable bonds is 6. The van der Waals surface area contributed by atoms with Gasteiger partial charge in [-0.15, -0.1) is 24.0 Å². The number of halogens is 1. The van der Waals surface area contributed by atoms with Crippen LogP contribution in [0.25, 0.3) is 0 Å². The van der Waals surface area contributed by atoms with Gasteiger partial charge in [0.2, 0.25) is 0 Å². The highest BCUT2D eigenvalue weighted by molar-refractivity contribution is 14.0. The van der Waals surface area contributed by atoms with Gasteiger partial charge in [0.05, 0.1) is 20.3 Å². The molecule has 1 aliphatic rings. The largest absolute Gasteiger partial charge is 0.493 e. The predicted octanol–water partition coefficient (Wildman–Crippen LogP) is 4.33. The number of hydrogen-bond acceptors (Lipinski definition) is 4. The first-order valence-electron chi connectivity index (χ1n) is 9.92. The van der Waals surface area contributed by atoms with Gasteiger partial charge in [0.25, 0.3) is 0 Å². The molecule has 1 heterocycles. The van der Waals surface area contributed by atoms with Gasteiger partial charge in [-0.25, -0.2) is 0 Å². The minimum Gasteiger partial charge on any atom is -0.493 e. The second-order valence-corrected chi connectivity index (χ2v) is 7.74. The molecule has 2 aromatic carbocycles. The van der Waals surface area contributed by atoms with Gasteiger partial charge in [-0.2, -0.15) is 0 Å². The Morgan fingerprint density at radius 3 is 2.57 bits per heavy atom. The van der Waals surface area contributed by atoms with E-state index in [4.69, 9.17) is 14.2 Å². The van der Waals surface area contributed by atoms with Crippen LogP contribution in [0.5, 0.6) is 17.2 Å². The van der Waals surface area contributed by atoms with Gasteiger partial charge in [0, 0.05) is 25.6 Å². The van der Waals surface area contributed by atoms with Crippen LogP contribution in [-0.2, 0) is 6.42 Å². The maximum absolute atomic E-state index is 6.12. The molecule has 6 nitrogen and oxygen atoms in total. The standard InChI is InChI=1S/C23H31N3O3.HI/c1-23(2)15-18(17-8-6-7-9-19(17)29-23)26-22(24-3)25-13-12-16-10-11-20(27-4)21(14-16)28-5;/h6-11,14,18H,12-13,15H2,1-5H3,(H2,24,25,26);1H. The van der Waals surface area contributed by atoms with E-state index < -0.39 is 0 Å².